The van der Waals surface area contributed by atoms with Gasteiger partial charge in [-0.2, -0.15) is 0 Å². The first-order valence-electron chi connectivity index (χ1n) is 6.75. The molecule has 1 amide bonds. The summed E-state index contributed by atoms with van der Waals surface area (Å²) in [5.74, 6) is -1.14. The van der Waals surface area contributed by atoms with E-state index in [1.165, 1.54) is 0 Å². The third kappa shape index (κ3) is 6.54. The molecule has 0 fully saturated rings. The SMILES string of the molecule is CC(C)(C)OC(=O)N[C@@H](CCc1cc(Cl)ccc1Cl)C(=O)O. The molecule has 0 saturated carbocycles. The summed E-state index contributed by atoms with van der Waals surface area (Å²) in [4.78, 5) is 22.9. The summed E-state index contributed by atoms with van der Waals surface area (Å²) in [6, 6.07) is 3.91. The van der Waals surface area contributed by atoms with E-state index in [4.69, 9.17) is 27.9 Å². The lowest BCUT2D eigenvalue weighted by Gasteiger charge is -2.22. The number of rotatable bonds is 5. The Labute approximate surface area is 139 Å². The van der Waals surface area contributed by atoms with Crippen molar-refractivity contribution >= 4 is 35.3 Å². The van der Waals surface area contributed by atoms with Crippen LogP contribution in [0.4, 0.5) is 4.79 Å². The van der Waals surface area contributed by atoms with Gasteiger partial charge >= 0.3 is 12.1 Å². The maximum atomic E-state index is 11.7. The molecule has 0 aliphatic rings. The number of ether oxygens (including phenoxy) is 1. The van der Waals surface area contributed by atoms with Gasteiger partial charge in [0.25, 0.3) is 0 Å². The zero-order valence-corrected chi connectivity index (χ0v) is 14.2. The fourth-order valence-electron chi connectivity index (χ4n) is 1.74. The van der Waals surface area contributed by atoms with Crippen LogP contribution in [0.25, 0.3) is 0 Å². The Balaban J connectivity index is 2.67. The highest BCUT2D eigenvalue weighted by Gasteiger charge is 2.24. The van der Waals surface area contributed by atoms with E-state index in [0.717, 1.165) is 5.56 Å². The van der Waals surface area contributed by atoms with Crippen molar-refractivity contribution in [3.63, 3.8) is 0 Å². The molecule has 1 aromatic carbocycles. The summed E-state index contributed by atoms with van der Waals surface area (Å²) < 4.78 is 5.05. The van der Waals surface area contributed by atoms with Gasteiger partial charge in [0.15, 0.2) is 0 Å². The second-order valence-electron chi connectivity index (χ2n) is 5.81. The van der Waals surface area contributed by atoms with Crippen molar-refractivity contribution in [1.82, 2.24) is 5.32 Å². The normalized spacial score (nSPS) is 12.6. The fourth-order valence-corrected chi connectivity index (χ4v) is 2.15. The Kier molecular flexibility index (Phi) is 6.50. The minimum absolute atomic E-state index is 0.175. The summed E-state index contributed by atoms with van der Waals surface area (Å²) in [7, 11) is 0. The maximum absolute atomic E-state index is 11.7. The number of aliphatic carboxylic acids is 1. The van der Waals surface area contributed by atoms with Crippen LogP contribution in [0.1, 0.15) is 32.8 Å². The van der Waals surface area contributed by atoms with E-state index in [-0.39, 0.29) is 6.42 Å². The molecule has 7 heteroatoms. The molecule has 0 heterocycles. The Hall–Kier alpha value is -1.46. The maximum Gasteiger partial charge on any atom is 0.408 e. The molecule has 0 bridgehead atoms. The molecule has 0 unspecified atom stereocenters. The highest BCUT2D eigenvalue weighted by molar-refractivity contribution is 6.33. The van der Waals surface area contributed by atoms with Gasteiger partial charge in [0, 0.05) is 10.0 Å². The summed E-state index contributed by atoms with van der Waals surface area (Å²) in [5, 5.41) is 12.6. The van der Waals surface area contributed by atoms with E-state index in [2.05, 4.69) is 5.32 Å². The van der Waals surface area contributed by atoms with E-state index in [1.54, 1.807) is 39.0 Å². The lowest BCUT2D eigenvalue weighted by molar-refractivity contribution is -0.139. The van der Waals surface area contributed by atoms with Crippen molar-refractivity contribution in [3.8, 4) is 0 Å². The molecule has 0 aromatic heterocycles. The average Bonchev–Trinajstić information content (AvgIpc) is 2.35. The average molecular weight is 348 g/mol. The smallest absolute Gasteiger partial charge is 0.408 e. The molecule has 0 aliphatic heterocycles. The molecule has 1 rings (SSSR count). The predicted molar refractivity (Wildman–Crippen MR) is 85.6 cm³/mol. The topological polar surface area (TPSA) is 75.6 Å². The Morgan fingerprint density at radius 3 is 2.50 bits per heavy atom. The van der Waals surface area contributed by atoms with Gasteiger partial charge in [-0.15, -0.1) is 0 Å². The van der Waals surface area contributed by atoms with E-state index in [9.17, 15) is 14.7 Å². The van der Waals surface area contributed by atoms with Crippen LogP contribution >= 0.6 is 23.2 Å². The summed E-state index contributed by atoms with van der Waals surface area (Å²) in [6.07, 6.45) is -0.224. The summed E-state index contributed by atoms with van der Waals surface area (Å²) in [5.41, 5.74) is 0.0371. The van der Waals surface area contributed by atoms with Crippen molar-refractivity contribution in [2.24, 2.45) is 0 Å². The lowest BCUT2D eigenvalue weighted by Crippen LogP contribution is -2.43. The first-order chi connectivity index (χ1) is 10.1. The van der Waals surface area contributed by atoms with Gasteiger partial charge in [0.05, 0.1) is 0 Å². The van der Waals surface area contributed by atoms with Crippen molar-refractivity contribution in [1.29, 1.82) is 0 Å². The van der Waals surface area contributed by atoms with Gasteiger partial charge in [-0.1, -0.05) is 23.2 Å². The number of aryl methyl sites for hydroxylation is 1. The van der Waals surface area contributed by atoms with Crippen LogP contribution in [0.3, 0.4) is 0 Å². The van der Waals surface area contributed by atoms with Crippen molar-refractivity contribution in [2.45, 2.75) is 45.3 Å². The first-order valence-corrected chi connectivity index (χ1v) is 7.50. The molecule has 1 atom stereocenters. The number of carboxylic acid groups (broad SMARTS) is 1. The van der Waals surface area contributed by atoms with Gasteiger partial charge < -0.3 is 15.2 Å². The molecule has 5 nitrogen and oxygen atoms in total. The zero-order chi connectivity index (χ0) is 16.9. The second-order valence-corrected chi connectivity index (χ2v) is 6.66. The highest BCUT2D eigenvalue weighted by atomic mass is 35.5. The van der Waals surface area contributed by atoms with Crippen molar-refractivity contribution in [2.75, 3.05) is 0 Å². The van der Waals surface area contributed by atoms with Gasteiger partial charge in [0.2, 0.25) is 0 Å². The lowest BCUT2D eigenvalue weighted by atomic mass is 10.1. The van der Waals surface area contributed by atoms with Crippen LogP contribution in [0, 0.1) is 0 Å². The monoisotopic (exact) mass is 347 g/mol. The van der Waals surface area contributed by atoms with Crippen LogP contribution in [-0.4, -0.2) is 28.8 Å². The van der Waals surface area contributed by atoms with Crippen LogP contribution in [-0.2, 0) is 16.0 Å². The molecular formula is C15H19Cl2NO4. The Bertz CT molecular complexity index is 555. The van der Waals surface area contributed by atoms with Gasteiger partial charge in [-0.25, -0.2) is 9.59 Å². The minimum atomic E-state index is -1.14. The van der Waals surface area contributed by atoms with Gasteiger partial charge in [-0.3, -0.25) is 0 Å². The summed E-state index contributed by atoms with van der Waals surface area (Å²) in [6.45, 7) is 5.11. The third-order valence-electron chi connectivity index (χ3n) is 2.70. The predicted octanol–water partition coefficient (Wildman–Crippen LogP) is 3.90. The van der Waals surface area contributed by atoms with E-state index in [1.807, 2.05) is 0 Å². The standard InChI is InChI=1S/C15H19Cl2NO4/c1-15(2,3)22-14(21)18-12(13(19)20)7-4-9-8-10(16)5-6-11(9)17/h5-6,8,12H,4,7H2,1-3H3,(H,18,21)(H,19,20)/t12-/m0/s1. The fraction of sp³-hybridized carbons (Fsp3) is 0.467. The molecule has 2 N–H and O–H groups in total. The van der Waals surface area contributed by atoms with Crippen LogP contribution < -0.4 is 5.32 Å². The largest absolute Gasteiger partial charge is 0.480 e. The van der Waals surface area contributed by atoms with E-state index in [0.29, 0.717) is 16.5 Å². The third-order valence-corrected chi connectivity index (χ3v) is 3.30. The quantitative estimate of drug-likeness (QED) is 0.846. The Morgan fingerprint density at radius 1 is 1.32 bits per heavy atom. The molecule has 122 valence electrons. The van der Waals surface area contributed by atoms with Crippen LogP contribution in [0.5, 0.6) is 0 Å². The molecular weight excluding hydrogens is 329 g/mol. The molecule has 22 heavy (non-hydrogen) atoms. The van der Waals surface area contributed by atoms with Crippen molar-refractivity contribution < 1.29 is 19.4 Å². The number of nitrogens with one attached hydrogen (secondary N) is 1. The van der Waals surface area contributed by atoms with Crippen molar-refractivity contribution in [3.05, 3.63) is 33.8 Å². The highest BCUT2D eigenvalue weighted by Crippen LogP contribution is 2.22. The number of carbonyl (C=O) groups is 2. The molecule has 0 aliphatic carbocycles. The second kappa shape index (κ2) is 7.70. The zero-order valence-electron chi connectivity index (χ0n) is 12.7. The molecule has 1 aromatic rings. The van der Waals surface area contributed by atoms with Gasteiger partial charge in [0.1, 0.15) is 11.6 Å². The number of amides is 1. The number of halogens is 2. The molecule has 0 radical (unpaired) electrons. The molecule has 0 spiro atoms. The number of hydrogen-bond acceptors (Lipinski definition) is 3. The number of carbonyl (C=O) groups excluding carboxylic acids is 1. The molecule has 0 saturated heterocycles. The number of alkyl carbamates (subject to hydrolysis) is 1. The van der Waals surface area contributed by atoms with E-state index >= 15 is 0 Å². The van der Waals surface area contributed by atoms with E-state index < -0.39 is 23.7 Å². The number of hydrogen-bond donors (Lipinski definition) is 2. The summed E-state index contributed by atoms with van der Waals surface area (Å²) >= 11 is 11.9. The first kappa shape index (κ1) is 18.6. The Morgan fingerprint density at radius 2 is 1.95 bits per heavy atom. The van der Waals surface area contributed by atoms with Crippen LogP contribution in [0.2, 0.25) is 10.0 Å². The van der Waals surface area contributed by atoms with Gasteiger partial charge in [-0.05, 0) is 57.4 Å². The number of benzene rings is 1. The van der Waals surface area contributed by atoms with Crippen LogP contribution in [0.15, 0.2) is 18.2 Å². The minimum Gasteiger partial charge on any atom is -0.480 e. The number of carboxylic acids is 1.